The molecule has 1 fully saturated rings. The lowest BCUT2D eigenvalue weighted by Crippen LogP contribution is -2.35. The summed E-state index contributed by atoms with van der Waals surface area (Å²) in [6.07, 6.45) is 3.32. The number of nitrogens with zero attached hydrogens (tertiary/aromatic N) is 1. The van der Waals surface area contributed by atoms with Gasteiger partial charge in [0.1, 0.15) is 0 Å². The SMILES string of the molecule is O=C(CNc1cccc(C(=O)N2CCCCC2)c1)Nc1ccc(Cl)cc1. The van der Waals surface area contributed by atoms with E-state index in [1.54, 1.807) is 30.3 Å². The molecule has 2 aromatic rings. The third-order valence-corrected chi connectivity index (χ3v) is 4.59. The van der Waals surface area contributed by atoms with E-state index in [9.17, 15) is 9.59 Å². The average Bonchev–Trinajstić information content (AvgIpc) is 2.68. The van der Waals surface area contributed by atoms with Crippen LogP contribution in [0, 0.1) is 0 Å². The van der Waals surface area contributed by atoms with E-state index in [2.05, 4.69) is 10.6 Å². The Morgan fingerprint density at radius 3 is 2.42 bits per heavy atom. The zero-order valence-electron chi connectivity index (χ0n) is 14.5. The molecule has 26 heavy (non-hydrogen) atoms. The van der Waals surface area contributed by atoms with Crippen molar-refractivity contribution in [2.45, 2.75) is 19.3 Å². The first-order valence-electron chi connectivity index (χ1n) is 8.80. The van der Waals surface area contributed by atoms with Crippen LogP contribution >= 0.6 is 11.6 Å². The van der Waals surface area contributed by atoms with E-state index < -0.39 is 0 Å². The largest absolute Gasteiger partial charge is 0.376 e. The Morgan fingerprint density at radius 1 is 0.962 bits per heavy atom. The molecule has 0 bridgehead atoms. The van der Waals surface area contributed by atoms with Crippen molar-refractivity contribution in [3.63, 3.8) is 0 Å². The molecule has 0 aromatic heterocycles. The van der Waals surface area contributed by atoms with E-state index in [-0.39, 0.29) is 18.4 Å². The Labute approximate surface area is 158 Å². The minimum absolute atomic E-state index is 0.0546. The van der Waals surface area contributed by atoms with Crippen LogP contribution in [0.15, 0.2) is 48.5 Å². The zero-order chi connectivity index (χ0) is 18.4. The first-order valence-corrected chi connectivity index (χ1v) is 9.18. The quantitative estimate of drug-likeness (QED) is 0.834. The van der Waals surface area contributed by atoms with Crippen LogP contribution < -0.4 is 10.6 Å². The molecule has 3 rings (SSSR count). The molecule has 2 aromatic carbocycles. The molecule has 1 aliphatic heterocycles. The van der Waals surface area contributed by atoms with Crippen LogP contribution in [-0.2, 0) is 4.79 Å². The molecule has 0 saturated carbocycles. The number of amides is 2. The van der Waals surface area contributed by atoms with Crippen LogP contribution in [0.25, 0.3) is 0 Å². The van der Waals surface area contributed by atoms with E-state index in [1.165, 1.54) is 6.42 Å². The third kappa shape index (κ3) is 4.99. The van der Waals surface area contributed by atoms with E-state index in [1.807, 2.05) is 23.1 Å². The number of piperidine rings is 1. The lowest BCUT2D eigenvalue weighted by Gasteiger charge is -2.26. The smallest absolute Gasteiger partial charge is 0.253 e. The summed E-state index contributed by atoms with van der Waals surface area (Å²) in [6, 6.07) is 14.2. The van der Waals surface area contributed by atoms with Gasteiger partial charge in [0.05, 0.1) is 6.54 Å². The Balaban J connectivity index is 1.55. The Hall–Kier alpha value is -2.53. The topological polar surface area (TPSA) is 61.4 Å². The van der Waals surface area contributed by atoms with Crippen molar-refractivity contribution in [1.82, 2.24) is 4.90 Å². The summed E-state index contributed by atoms with van der Waals surface area (Å²) in [4.78, 5) is 26.5. The van der Waals surface area contributed by atoms with Crippen LogP contribution in [0.5, 0.6) is 0 Å². The second-order valence-electron chi connectivity index (χ2n) is 6.34. The number of benzene rings is 2. The molecule has 1 saturated heterocycles. The van der Waals surface area contributed by atoms with Gasteiger partial charge in [0.25, 0.3) is 5.91 Å². The maximum absolute atomic E-state index is 12.6. The van der Waals surface area contributed by atoms with Crippen LogP contribution in [0.3, 0.4) is 0 Å². The molecule has 0 spiro atoms. The highest BCUT2D eigenvalue weighted by molar-refractivity contribution is 6.30. The molecule has 5 nitrogen and oxygen atoms in total. The maximum Gasteiger partial charge on any atom is 0.253 e. The number of carbonyl (C=O) groups is 2. The monoisotopic (exact) mass is 371 g/mol. The van der Waals surface area contributed by atoms with Gasteiger partial charge in [-0.1, -0.05) is 17.7 Å². The minimum atomic E-state index is -0.167. The maximum atomic E-state index is 12.6. The van der Waals surface area contributed by atoms with Gasteiger partial charge in [-0.15, -0.1) is 0 Å². The van der Waals surface area contributed by atoms with Crippen LogP contribution in [0.1, 0.15) is 29.6 Å². The average molecular weight is 372 g/mol. The van der Waals surface area contributed by atoms with Crippen LogP contribution in [-0.4, -0.2) is 36.3 Å². The molecule has 0 atom stereocenters. The van der Waals surface area contributed by atoms with Crippen molar-refractivity contribution in [3.05, 3.63) is 59.1 Å². The molecule has 2 N–H and O–H groups in total. The lowest BCUT2D eigenvalue weighted by molar-refractivity contribution is -0.114. The van der Waals surface area contributed by atoms with Gasteiger partial charge in [0, 0.05) is 35.1 Å². The molecule has 2 amide bonds. The Kier molecular flexibility index (Phi) is 6.12. The van der Waals surface area contributed by atoms with Crippen molar-refractivity contribution in [2.24, 2.45) is 0 Å². The number of hydrogen-bond donors (Lipinski definition) is 2. The van der Waals surface area contributed by atoms with Gasteiger partial charge in [0.15, 0.2) is 0 Å². The van der Waals surface area contributed by atoms with Crippen LogP contribution in [0.2, 0.25) is 5.02 Å². The minimum Gasteiger partial charge on any atom is -0.376 e. The fourth-order valence-electron chi connectivity index (χ4n) is 2.96. The fourth-order valence-corrected chi connectivity index (χ4v) is 3.09. The summed E-state index contributed by atoms with van der Waals surface area (Å²) >= 11 is 5.83. The number of rotatable bonds is 5. The number of likely N-dealkylation sites (tertiary alicyclic amines) is 1. The predicted molar refractivity (Wildman–Crippen MR) is 105 cm³/mol. The van der Waals surface area contributed by atoms with Crippen LogP contribution in [0.4, 0.5) is 11.4 Å². The Bertz CT molecular complexity index is 771. The van der Waals surface area contributed by atoms with E-state index in [0.717, 1.165) is 31.6 Å². The van der Waals surface area contributed by atoms with Gasteiger partial charge in [-0.05, 0) is 61.7 Å². The molecule has 0 radical (unpaired) electrons. The molecule has 0 unspecified atom stereocenters. The molecular weight excluding hydrogens is 350 g/mol. The van der Waals surface area contributed by atoms with Crippen molar-refractivity contribution in [3.8, 4) is 0 Å². The first kappa shape index (κ1) is 18.3. The Morgan fingerprint density at radius 2 is 1.69 bits per heavy atom. The van der Waals surface area contributed by atoms with Gasteiger partial charge in [-0.2, -0.15) is 0 Å². The lowest BCUT2D eigenvalue weighted by atomic mass is 10.1. The number of carbonyl (C=O) groups excluding carboxylic acids is 2. The van der Waals surface area contributed by atoms with E-state index in [4.69, 9.17) is 11.6 Å². The normalized spacial score (nSPS) is 14.0. The van der Waals surface area contributed by atoms with Gasteiger partial charge < -0.3 is 15.5 Å². The van der Waals surface area contributed by atoms with Gasteiger partial charge >= 0.3 is 0 Å². The molecule has 1 aliphatic rings. The third-order valence-electron chi connectivity index (χ3n) is 4.33. The highest BCUT2D eigenvalue weighted by atomic mass is 35.5. The highest BCUT2D eigenvalue weighted by Gasteiger charge is 2.18. The van der Waals surface area contributed by atoms with Gasteiger partial charge in [-0.25, -0.2) is 0 Å². The van der Waals surface area contributed by atoms with Crippen molar-refractivity contribution >= 4 is 34.8 Å². The number of nitrogens with one attached hydrogen (secondary N) is 2. The van der Waals surface area contributed by atoms with Crippen molar-refractivity contribution in [1.29, 1.82) is 0 Å². The summed E-state index contributed by atoms with van der Waals surface area (Å²) in [5, 5.41) is 6.48. The second-order valence-corrected chi connectivity index (χ2v) is 6.78. The number of hydrogen-bond acceptors (Lipinski definition) is 3. The first-order chi connectivity index (χ1) is 12.6. The van der Waals surface area contributed by atoms with E-state index >= 15 is 0 Å². The second kappa shape index (κ2) is 8.72. The van der Waals surface area contributed by atoms with Gasteiger partial charge in [-0.3, -0.25) is 9.59 Å². The molecule has 1 heterocycles. The summed E-state index contributed by atoms with van der Waals surface area (Å²) in [7, 11) is 0. The number of halogens is 1. The van der Waals surface area contributed by atoms with Gasteiger partial charge in [0.2, 0.25) is 5.91 Å². The predicted octanol–water partition coefficient (Wildman–Crippen LogP) is 4.02. The van der Waals surface area contributed by atoms with Crippen molar-refractivity contribution < 1.29 is 9.59 Å². The zero-order valence-corrected chi connectivity index (χ0v) is 15.3. The fraction of sp³-hybridized carbons (Fsp3) is 0.300. The summed E-state index contributed by atoms with van der Waals surface area (Å²) < 4.78 is 0. The summed E-state index contributed by atoms with van der Waals surface area (Å²) in [5.41, 5.74) is 2.09. The molecule has 136 valence electrons. The summed E-state index contributed by atoms with van der Waals surface area (Å²) in [5.74, 6) is -0.112. The van der Waals surface area contributed by atoms with E-state index in [0.29, 0.717) is 16.3 Å². The number of anilines is 2. The molecule has 0 aliphatic carbocycles. The molecular formula is C20H22ClN3O2. The highest BCUT2D eigenvalue weighted by Crippen LogP contribution is 2.17. The standard InChI is InChI=1S/C20H22ClN3O2/c21-16-7-9-17(10-8-16)23-19(25)14-22-18-6-4-5-15(13-18)20(26)24-11-2-1-3-12-24/h4-10,13,22H,1-3,11-12,14H2,(H,23,25). The summed E-state index contributed by atoms with van der Waals surface area (Å²) in [6.45, 7) is 1.75. The molecule has 6 heteroatoms. The van der Waals surface area contributed by atoms with Crippen molar-refractivity contribution in [2.75, 3.05) is 30.3 Å².